The first kappa shape index (κ1) is 18.1. The van der Waals surface area contributed by atoms with Crippen molar-refractivity contribution in [1.29, 1.82) is 0 Å². The highest BCUT2D eigenvalue weighted by Gasteiger charge is 2.53. The van der Waals surface area contributed by atoms with Crippen molar-refractivity contribution in [3.05, 3.63) is 23.3 Å². The van der Waals surface area contributed by atoms with Crippen LogP contribution in [0.3, 0.4) is 0 Å². The van der Waals surface area contributed by atoms with Gasteiger partial charge in [0.2, 0.25) is 0 Å². The van der Waals surface area contributed by atoms with E-state index < -0.39 is 10.3 Å². The summed E-state index contributed by atoms with van der Waals surface area (Å²) < 4.78 is 33.1. The lowest BCUT2D eigenvalue weighted by Crippen LogP contribution is -2.41. The van der Waals surface area contributed by atoms with Crippen LogP contribution in [0.5, 0.6) is 11.5 Å². The molecule has 0 aromatic heterocycles. The van der Waals surface area contributed by atoms with Crippen LogP contribution in [0.2, 0.25) is 0 Å². The van der Waals surface area contributed by atoms with Gasteiger partial charge in [-0.15, -0.1) is 0 Å². The Bertz CT molecular complexity index is 821. The van der Waals surface area contributed by atoms with Crippen molar-refractivity contribution < 1.29 is 17.3 Å². The molecule has 0 heterocycles. The standard InChI is InChI=1S/C20H29NO4S/c1-12-4-7-17-15-6-5-13-10-19(25-26(21,22)23)18(24-3)11-16(13)14(15)8-9-20(12,17)2/h10-12,14-15,17H,4-9H2,1-3H3,(H2,21,22,23)/t12-,14?,15?,17?,20+/m0/s1. The molecular weight excluding hydrogens is 350 g/mol. The lowest BCUT2D eigenvalue weighted by Gasteiger charge is -2.50. The molecule has 144 valence electrons. The normalized spacial score (nSPS) is 36.0. The average molecular weight is 380 g/mol. The van der Waals surface area contributed by atoms with Crippen LogP contribution in [0.15, 0.2) is 12.1 Å². The zero-order chi connectivity index (χ0) is 18.7. The minimum Gasteiger partial charge on any atom is -0.493 e. The molecule has 2 saturated carbocycles. The maximum atomic E-state index is 11.4. The van der Waals surface area contributed by atoms with E-state index in [2.05, 4.69) is 13.8 Å². The molecule has 2 fully saturated rings. The zero-order valence-electron chi connectivity index (χ0n) is 15.8. The fraction of sp³-hybridized carbons (Fsp3) is 0.700. The van der Waals surface area contributed by atoms with E-state index in [0.717, 1.165) is 24.2 Å². The van der Waals surface area contributed by atoms with Gasteiger partial charge in [0.05, 0.1) is 7.11 Å². The molecule has 0 bridgehead atoms. The summed E-state index contributed by atoms with van der Waals surface area (Å²) in [7, 11) is -2.53. The number of hydrogen-bond donors (Lipinski definition) is 1. The van der Waals surface area contributed by atoms with Crippen molar-refractivity contribution in [2.24, 2.45) is 28.3 Å². The van der Waals surface area contributed by atoms with Crippen LogP contribution in [0.4, 0.5) is 0 Å². The summed E-state index contributed by atoms with van der Waals surface area (Å²) in [6.45, 7) is 4.93. The van der Waals surface area contributed by atoms with Gasteiger partial charge in [-0.25, -0.2) is 0 Å². The minimum atomic E-state index is -4.07. The molecule has 0 spiro atoms. The number of rotatable bonds is 3. The lowest BCUT2D eigenvalue weighted by atomic mass is 9.54. The number of aryl methyl sites for hydroxylation is 1. The molecule has 0 amide bonds. The van der Waals surface area contributed by atoms with Gasteiger partial charge in [0, 0.05) is 0 Å². The molecular formula is C20H29NO4S. The zero-order valence-corrected chi connectivity index (χ0v) is 16.6. The summed E-state index contributed by atoms with van der Waals surface area (Å²) in [5.41, 5.74) is 2.99. The highest BCUT2D eigenvalue weighted by molar-refractivity contribution is 7.84. The van der Waals surface area contributed by atoms with E-state index in [-0.39, 0.29) is 5.75 Å². The molecule has 1 aromatic rings. The number of benzene rings is 1. The fourth-order valence-electron chi connectivity index (χ4n) is 6.19. The van der Waals surface area contributed by atoms with Crippen molar-refractivity contribution in [2.45, 2.75) is 58.3 Å². The van der Waals surface area contributed by atoms with Crippen LogP contribution < -0.4 is 14.1 Å². The van der Waals surface area contributed by atoms with E-state index >= 15 is 0 Å². The van der Waals surface area contributed by atoms with Gasteiger partial charge >= 0.3 is 10.3 Å². The number of nitrogens with two attached hydrogens (primary N) is 1. The molecule has 3 unspecified atom stereocenters. The van der Waals surface area contributed by atoms with Crippen LogP contribution >= 0.6 is 0 Å². The lowest BCUT2D eigenvalue weighted by molar-refractivity contribution is 0.0336. The smallest absolute Gasteiger partial charge is 0.380 e. The Balaban J connectivity index is 1.70. The van der Waals surface area contributed by atoms with Crippen molar-refractivity contribution in [2.75, 3.05) is 7.11 Å². The summed E-state index contributed by atoms with van der Waals surface area (Å²) in [4.78, 5) is 0. The van der Waals surface area contributed by atoms with E-state index in [0.29, 0.717) is 17.1 Å². The maximum Gasteiger partial charge on any atom is 0.380 e. The quantitative estimate of drug-likeness (QED) is 0.867. The Labute approximate surface area is 156 Å². The van der Waals surface area contributed by atoms with Gasteiger partial charge in [-0.05, 0) is 90.9 Å². The van der Waals surface area contributed by atoms with Crippen molar-refractivity contribution in [3.63, 3.8) is 0 Å². The molecule has 3 aliphatic carbocycles. The van der Waals surface area contributed by atoms with E-state index in [1.165, 1.54) is 50.3 Å². The van der Waals surface area contributed by atoms with Crippen LogP contribution in [-0.2, 0) is 16.7 Å². The summed E-state index contributed by atoms with van der Waals surface area (Å²) >= 11 is 0. The SMILES string of the molecule is COc1cc2c(cc1OS(N)(=O)=O)CCC1C2CC[C@@]2(C)C1CC[C@@H]2C. The Morgan fingerprint density at radius 2 is 1.92 bits per heavy atom. The molecule has 26 heavy (non-hydrogen) atoms. The summed E-state index contributed by atoms with van der Waals surface area (Å²) in [6, 6.07) is 3.81. The molecule has 0 aliphatic heterocycles. The average Bonchev–Trinajstić information content (AvgIpc) is 2.88. The fourth-order valence-corrected chi connectivity index (χ4v) is 6.57. The molecule has 6 heteroatoms. The van der Waals surface area contributed by atoms with E-state index in [1.807, 2.05) is 12.1 Å². The Morgan fingerprint density at radius 3 is 2.62 bits per heavy atom. The van der Waals surface area contributed by atoms with Crippen LogP contribution in [0, 0.1) is 23.2 Å². The first-order valence-corrected chi connectivity index (χ1v) is 11.1. The third-order valence-corrected chi connectivity index (χ3v) is 8.10. The van der Waals surface area contributed by atoms with Crippen molar-refractivity contribution in [3.8, 4) is 11.5 Å². The number of hydrogen-bond acceptors (Lipinski definition) is 4. The predicted molar refractivity (Wildman–Crippen MR) is 101 cm³/mol. The summed E-state index contributed by atoms with van der Waals surface area (Å²) in [6.07, 6.45) is 7.30. The van der Waals surface area contributed by atoms with E-state index in [9.17, 15) is 8.42 Å². The summed E-state index contributed by atoms with van der Waals surface area (Å²) in [5, 5.41) is 5.05. The third kappa shape index (κ3) is 2.82. The van der Waals surface area contributed by atoms with Gasteiger partial charge in [0.1, 0.15) is 0 Å². The molecule has 1 aromatic carbocycles. The second kappa shape index (κ2) is 6.13. The van der Waals surface area contributed by atoms with Crippen LogP contribution in [0.1, 0.15) is 63.0 Å². The number of ether oxygens (including phenoxy) is 1. The molecule has 4 rings (SSSR count). The molecule has 5 atom stereocenters. The first-order valence-electron chi connectivity index (χ1n) is 9.66. The van der Waals surface area contributed by atoms with E-state index in [4.69, 9.17) is 14.1 Å². The molecule has 0 saturated heterocycles. The monoisotopic (exact) mass is 379 g/mol. The predicted octanol–water partition coefficient (Wildman–Crippen LogP) is 3.77. The molecule has 2 N–H and O–H groups in total. The minimum absolute atomic E-state index is 0.197. The topological polar surface area (TPSA) is 78.6 Å². The van der Waals surface area contributed by atoms with Gasteiger partial charge in [0.15, 0.2) is 11.5 Å². The van der Waals surface area contributed by atoms with Crippen LogP contribution in [0.25, 0.3) is 0 Å². The van der Waals surface area contributed by atoms with Crippen LogP contribution in [-0.4, -0.2) is 15.5 Å². The Hall–Kier alpha value is -1.27. The second-order valence-electron chi connectivity index (χ2n) is 8.72. The summed E-state index contributed by atoms with van der Waals surface area (Å²) in [5.74, 6) is 3.53. The van der Waals surface area contributed by atoms with Gasteiger partial charge in [0.25, 0.3) is 0 Å². The van der Waals surface area contributed by atoms with Gasteiger partial charge in [-0.2, -0.15) is 13.6 Å². The first-order chi connectivity index (χ1) is 12.2. The third-order valence-electron chi connectivity index (χ3n) is 7.69. The Morgan fingerprint density at radius 1 is 1.15 bits per heavy atom. The van der Waals surface area contributed by atoms with E-state index in [1.54, 1.807) is 0 Å². The van der Waals surface area contributed by atoms with Crippen molar-refractivity contribution in [1.82, 2.24) is 0 Å². The highest BCUT2D eigenvalue weighted by atomic mass is 32.2. The maximum absolute atomic E-state index is 11.4. The van der Waals surface area contributed by atoms with Gasteiger partial charge in [-0.1, -0.05) is 13.8 Å². The highest BCUT2D eigenvalue weighted by Crippen LogP contribution is 2.63. The number of methoxy groups -OCH3 is 1. The van der Waals surface area contributed by atoms with Crippen molar-refractivity contribution >= 4 is 10.3 Å². The number of fused-ring (bicyclic) bond motifs is 5. The largest absolute Gasteiger partial charge is 0.493 e. The molecule has 5 nitrogen and oxygen atoms in total. The van der Waals surface area contributed by atoms with Gasteiger partial charge in [-0.3, -0.25) is 0 Å². The Kier molecular flexibility index (Phi) is 4.27. The van der Waals surface area contributed by atoms with Gasteiger partial charge < -0.3 is 8.92 Å². The molecule has 3 aliphatic rings. The second-order valence-corrected chi connectivity index (χ2v) is 9.87. The molecule has 0 radical (unpaired) electrons.